The molecule has 3 nitrogen and oxygen atoms in total. The molecule has 0 bridgehead atoms. The topological polar surface area (TPSA) is 49.7 Å². The third kappa shape index (κ3) is 2.03. The number of thiocarbonyl (C=S) groups is 1. The van der Waals surface area contributed by atoms with E-state index in [2.05, 4.69) is 22.4 Å². The zero-order valence-electron chi connectivity index (χ0n) is 8.59. The number of aliphatic imine (C=N–C) groups is 1. The highest BCUT2D eigenvalue weighted by Crippen LogP contribution is 2.39. The molecule has 2 rings (SSSR count). The Balaban J connectivity index is 2.17. The summed E-state index contributed by atoms with van der Waals surface area (Å²) in [7, 11) is 0. The summed E-state index contributed by atoms with van der Waals surface area (Å²) in [5, 5.41) is 11.4. The van der Waals surface area contributed by atoms with Crippen LogP contribution >= 0.6 is 12.2 Å². The first kappa shape index (κ1) is 11.0. The number of carboxylic acids is 1. The predicted molar refractivity (Wildman–Crippen MR) is 64.2 cm³/mol. The van der Waals surface area contributed by atoms with Crippen LogP contribution in [0.3, 0.4) is 0 Å². The van der Waals surface area contributed by atoms with Gasteiger partial charge >= 0.3 is 5.97 Å². The third-order valence-electron chi connectivity index (χ3n) is 2.98. The van der Waals surface area contributed by atoms with E-state index in [1.165, 1.54) is 0 Å². The zero-order chi connectivity index (χ0) is 11.5. The minimum atomic E-state index is -0.864. The summed E-state index contributed by atoms with van der Waals surface area (Å²) in [5.41, 5.74) is 1.31. The van der Waals surface area contributed by atoms with Crippen molar-refractivity contribution in [2.75, 3.05) is 0 Å². The molecule has 1 N–H and O–H groups in total. The van der Waals surface area contributed by atoms with Gasteiger partial charge in [0.2, 0.25) is 0 Å². The molecule has 0 saturated heterocycles. The number of carbonyl (C=O) groups is 1. The summed E-state index contributed by atoms with van der Waals surface area (Å²) in [4.78, 5) is 15.0. The molecule has 1 fully saturated rings. The van der Waals surface area contributed by atoms with E-state index in [1.54, 1.807) is 12.1 Å². The highest BCUT2D eigenvalue weighted by molar-refractivity contribution is 7.78. The molecule has 0 heterocycles. The van der Waals surface area contributed by atoms with Crippen LogP contribution in [0.4, 0.5) is 0 Å². The van der Waals surface area contributed by atoms with E-state index in [9.17, 15) is 4.79 Å². The molecule has 1 aliphatic rings. The number of rotatable bonds is 3. The Morgan fingerprint density at radius 2 is 2.12 bits per heavy atom. The Morgan fingerprint density at radius 1 is 1.44 bits per heavy atom. The van der Waals surface area contributed by atoms with Gasteiger partial charge in [-0.2, -0.15) is 0 Å². The molecule has 1 saturated carbocycles. The molecule has 1 aromatic carbocycles. The molecular formula is C12H11NO2S. The monoisotopic (exact) mass is 233 g/mol. The number of hydrogen-bond acceptors (Lipinski definition) is 3. The first-order valence-corrected chi connectivity index (χ1v) is 5.52. The molecule has 0 atom stereocenters. The molecule has 0 radical (unpaired) electrons. The average Bonchev–Trinajstić information content (AvgIpc) is 2.23. The van der Waals surface area contributed by atoms with Gasteiger partial charge in [-0.25, -0.2) is 9.79 Å². The van der Waals surface area contributed by atoms with Gasteiger partial charge < -0.3 is 5.11 Å². The van der Waals surface area contributed by atoms with E-state index >= 15 is 0 Å². The van der Waals surface area contributed by atoms with Crippen LogP contribution < -0.4 is 0 Å². The summed E-state index contributed by atoms with van der Waals surface area (Å²) in [5.74, 6) is -0.568. The summed E-state index contributed by atoms with van der Waals surface area (Å²) >= 11 is 4.54. The molecular weight excluding hydrogens is 222 g/mol. The van der Waals surface area contributed by atoms with Crippen molar-refractivity contribution in [1.29, 1.82) is 0 Å². The standard InChI is InChI=1S/C12H11NO2S/c14-12(15)11-4-2-1-3-10(11)8-5-9(6-8)13-7-16/h1-4,8-9H,5-6H2,(H,14,15). The molecule has 0 spiro atoms. The largest absolute Gasteiger partial charge is 0.478 e. The molecule has 0 aliphatic heterocycles. The lowest BCUT2D eigenvalue weighted by atomic mass is 9.75. The number of isothiocyanates is 1. The number of aromatic carboxylic acids is 1. The van der Waals surface area contributed by atoms with Gasteiger partial charge in [0, 0.05) is 0 Å². The highest BCUT2D eigenvalue weighted by atomic mass is 32.1. The third-order valence-corrected chi connectivity index (χ3v) is 3.08. The van der Waals surface area contributed by atoms with Crippen molar-refractivity contribution in [3.05, 3.63) is 35.4 Å². The van der Waals surface area contributed by atoms with E-state index in [0.717, 1.165) is 18.4 Å². The van der Waals surface area contributed by atoms with E-state index in [0.29, 0.717) is 11.5 Å². The molecule has 0 amide bonds. The Hall–Kier alpha value is -1.51. The van der Waals surface area contributed by atoms with Crippen molar-refractivity contribution in [1.82, 2.24) is 0 Å². The zero-order valence-corrected chi connectivity index (χ0v) is 9.41. The van der Waals surface area contributed by atoms with Crippen LogP contribution in [0.15, 0.2) is 29.3 Å². The number of benzene rings is 1. The summed E-state index contributed by atoms with van der Waals surface area (Å²) < 4.78 is 0. The second kappa shape index (κ2) is 4.56. The molecule has 0 unspecified atom stereocenters. The second-order valence-corrected chi connectivity index (χ2v) is 4.12. The van der Waals surface area contributed by atoms with Gasteiger partial charge in [-0.1, -0.05) is 18.2 Å². The number of hydrogen-bond donors (Lipinski definition) is 1. The van der Waals surface area contributed by atoms with Crippen molar-refractivity contribution in [2.24, 2.45) is 4.99 Å². The second-order valence-electron chi connectivity index (χ2n) is 3.93. The SMILES string of the molecule is O=C(O)c1ccccc1C1CC(N=C=S)C1. The van der Waals surface area contributed by atoms with Crippen molar-refractivity contribution in [2.45, 2.75) is 24.8 Å². The van der Waals surface area contributed by atoms with Gasteiger partial charge in [-0.05, 0) is 42.6 Å². The Labute approximate surface area is 98.8 Å². The molecule has 1 aromatic rings. The van der Waals surface area contributed by atoms with Crippen LogP contribution in [0.1, 0.15) is 34.7 Å². The lowest BCUT2D eigenvalue weighted by Crippen LogP contribution is -2.26. The van der Waals surface area contributed by atoms with Gasteiger partial charge in [0.1, 0.15) is 0 Å². The van der Waals surface area contributed by atoms with E-state index in [1.807, 2.05) is 12.1 Å². The van der Waals surface area contributed by atoms with Crippen LogP contribution in [0.5, 0.6) is 0 Å². The van der Waals surface area contributed by atoms with E-state index in [4.69, 9.17) is 5.11 Å². The maximum Gasteiger partial charge on any atom is 0.335 e. The normalized spacial score (nSPS) is 23.0. The minimum Gasteiger partial charge on any atom is -0.478 e. The Morgan fingerprint density at radius 3 is 2.75 bits per heavy atom. The molecule has 4 heteroatoms. The molecule has 82 valence electrons. The number of nitrogens with zero attached hydrogens (tertiary/aromatic N) is 1. The number of carboxylic acid groups (broad SMARTS) is 1. The maximum atomic E-state index is 11.0. The Kier molecular flexibility index (Phi) is 3.13. The first-order chi connectivity index (χ1) is 7.72. The van der Waals surface area contributed by atoms with Crippen molar-refractivity contribution < 1.29 is 9.90 Å². The van der Waals surface area contributed by atoms with Crippen molar-refractivity contribution >= 4 is 23.3 Å². The van der Waals surface area contributed by atoms with Gasteiger partial charge in [0.25, 0.3) is 0 Å². The fourth-order valence-electron chi connectivity index (χ4n) is 2.07. The maximum absolute atomic E-state index is 11.0. The predicted octanol–water partition coefficient (Wildman–Crippen LogP) is 2.73. The average molecular weight is 233 g/mol. The smallest absolute Gasteiger partial charge is 0.335 e. The van der Waals surface area contributed by atoms with Crippen LogP contribution in [0.25, 0.3) is 0 Å². The van der Waals surface area contributed by atoms with Crippen molar-refractivity contribution in [3.63, 3.8) is 0 Å². The van der Waals surface area contributed by atoms with Crippen molar-refractivity contribution in [3.8, 4) is 0 Å². The van der Waals surface area contributed by atoms with E-state index < -0.39 is 5.97 Å². The van der Waals surface area contributed by atoms with Crippen LogP contribution in [-0.2, 0) is 0 Å². The quantitative estimate of drug-likeness (QED) is 0.645. The van der Waals surface area contributed by atoms with Crippen LogP contribution in [-0.4, -0.2) is 22.3 Å². The highest BCUT2D eigenvalue weighted by Gasteiger charge is 2.32. The summed E-state index contributed by atoms with van der Waals surface area (Å²) in [6, 6.07) is 7.37. The van der Waals surface area contributed by atoms with Crippen LogP contribution in [0, 0.1) is 0 Å². The lowest BCUT2D eigenvalue weighted by Gasteiger charge is -2.32. The molecule has 1 aliphatic carbocycles. The van der Waals surface area contributed by atoms with E-state index in [-0.39, 0.29) is 6.04 Å². The Bertz CT molecular complexity index is 460. The summed E-state index contributed by atoms with van der Waals surface area (Å²) in [6.45, 7) is 0. The first-order valence-electron chi connectivity index (χ1n) is 5.11. The fourth-order valence-corrected chi connectivity index (χ4v) is 2.22. The molecule has 16 heavy (non-hydrogen) atoms. The summed E-state index contributed by atoms with van der Waals surface area (Å²) in [6.07, 6.45) is 1.74. The minimum absolute atomic E-state index is 0.226. The van der Waals surface area contributed by atoms with Crippen LogP contribution in [0.2, 0.25) is 0 Å². The fraction of sp³-hybridized carbons (Fsp3) is 0.333. The van der Waals surface area contributed by atoms with Gasteiger partial charge in [-0.3, -0.25) is 0 Å². The lowest BCUT2D eigenvalue weighted by molar-refractivity contribution is 0.0694. The molecule has 0 aromatic heterocycles. The van der Waals surface area contributed by atoms with Gasteiger partial charge in [0.15, 0.2) is 0 Å². The van der Waals surface area contributed by atoms with Gasteiger partial charge in [0.05, 0.1) is 16.8 Å². The van der Waals surface area contributed by atoms with Gasteiger partial charge in [-0.15, -0.1) is 0 Å².